The van der Waals surface area contributed by atoms with Crippen molar-refractivity contribution in [3.05, 3.63) is 70.4 Å². The van der Waals surface area contributed by atoms with E-state index in [1.54, 1.807) is 17.5 Å². The van der Waals surface area contributed by atoms with E-state index >= 15 is 0 Å². The Bertz CT molecular complexity index is 1180. The van der Waals surface area contributed by atoms with Gasteiger partial charge < -0.3 is 9.73 Å². The quantitative estimate of drug-likeness (QED) is 0.333. The number of amides is 2. The Labute approximate surface area is 193 Å². The van der Waals surface area contributed by atoms with Crippen LogP contribution in [0.3, 0.4) is 0 Å². The highest BCUT2D eigenvalue weighted by atomic mass is 32.1. The zero-order valence-corrected chi connectivity index (χ0v) is 19.1. The van der Waals surface area contributed by atoms with Gasteiger partial charge in [0.2, 0.25) is 5.91 Å². The summed E-state index contributed by atoms with van der Waals surface area (Å²) in [5.41, 5.74) is 3.76. The molecule has 0 bridgehead atoms. The Kier molecular flexibility index (Phi) is 7.08. The molecule has 2 N–H and O–H groups in total. The number of nitrogens with zero attached hydrogens (tertiary/aromatic N) is 2. The highest BCUT2D eigenvalue weighted by Gasteiger charge is 2.14. The molecule has 0 aliphatic carbocycles. The topological polar surface area (TPSA) is 97.1 Å². The van der Waals surface area contributed by atoms with Gasteiger partial charge in [0.25, 0.3) is 5.91 Å². The average Bonchev–Trinajstić information content (AvgIpc) is 3.55. The monoisotopic (exact) mass is 466 g/mol. The van der Waals surface area contributed by atoms with Crippen LogP contribution in [0.5, 0.6) is 0 Å². The van der Waals surface area contributed by atoms with E-state index < -0.39 is 0 Å². The van der Waals surface area contributed by atoms with E-state index in [-0.39, 0.29) is 24.0 Å². The number of aryl methyl sites for hydroxylation is 1. The Morgan fingerprint density at radius 1 is 1.00 bits per heavy atom. The maximum absolute atomic E-state index is 12.4. The molecule has 0 saturated carbocycles. The van der Waals surface area contributed by atoms with Gasteiger partial charge in [0.15, 0.2) is 16.0 Å². The van der Waals surface area contributed by atoms with Crippen LogP contribution in [0, 0.1) is 0 Å². The second kappa shape index (κ2) is 10.3. The van der Waals surface area contributed by atoms with Crippen LogP contribution < -0.4 is 10.6 Å². The molecule has 1 aromatic carbocycles. The number of thiazole rings is 2. The van der Waals surface area contributed by atoms with Crippen molar-refractivity contribution >= 4 is 44.8 Å². The first kappa shape index (κ1) is 21.9. The minimum Gasteiger partial charge on any atom is -0.459 e. The Morgan fingerprint density at radius 3 is 2.53 bits per heavy atom. The molecular formula is C23H22N4O3S2. The minimum atomic E-state index is -0.380. The number of anilines is 2. The molecule has 2 amide bonds. The molecule has 164 valence electrons. The summed E-state index contributed by atoms with van der Waals surface area (Å²) in [6.45, 7) is 2.19. The van der Waals surface area contributed by atoms with Crippen molar-refractivity contribution in [3.8, 4) is 11.3 Å². The lowest BCUT2D eigenvalue weighted by Gasteiger charge is -2.02. The molecule has 4 rings (SSSR count). The highest BCUT2D eigenvalue weighted by molar-refractivity contribution is 7.14. The third-order valence-corrected chi connectivity index (χ3v) is 6.24. The predicted octanol–water partition coefficient (Wildman–Crippen LogP) is 5.64. The van der Waals surface area contributed by atoms with Gasteiger partial charge in [-0.25, -0.2) is 9.97 Å². The van der Waals surface area contributed by atoms with Crippen molar-refractivity contribution < 1.29 is 14.0 Å². The zero-order chi connectivity index (χ0) is 22.3. The fourth-order valence-corrected chi connectivity index (χ4v) is 4.47. The number of rotatable bonds is 9. The van der Waals surface area contributed by atoms with Crippen LogP contribution in [-0.4, -0.2) is 21.8 Å². The molecule has 0 radical (unpaired) electrons. The van der Waals surface area contributed by atoms with Crippen molar-refractivity contribution in [2.24, 2.45) is 0 Å². The molecule has 7 nitrogen and oxygen atoms in total. The first-order chi connectivity index (χ1) is 15.6. The predicted molar refractivity (Wildman–Crippen MR) is 127 cm³/mol. The molecule has 0 saturated heterocycles. The Balaban J connectivity index is 1.31. The third-order valence-electron chi connectivity index (χ3n) is 4.68. The number of nitrogens with one attached hydrogen (secondary N) is 2. The first-order valence-corrected chi connectivity index (χ1v) is 12.0. The number of aromatic nitrogens is 2. The molecule has 0 fully saturated rings. The summed E-state index contributed by atoms with van der Waals surface area (Å²) >= 11 is 2.64. The Hall–Kier alpha value is -3.30. The van der Waals surface area contributed by atoms with Crippen LogP contribution in [0.25, 0.3) is 11.3 Å². The molecule has 9 heteroatoms. The van der Waals surface area contributed by atoms with Gasteiger partial charge in [0.05, 0.1) is 24.1 Å². The lowest BCUT2D eigenvalue weighted by molar-refractivity contribution is -0.115. The van der Waals surface area contributed by atoms with Gasteiger partial charge in [-0.15, -0.1) is 22.7 Å². The number of hydrogen-bond acceptors (Lipinski definition) is 7. The van der Waals surface area contributed by atoms with Crippen molar-refractivity contribution in [2.75, 3.05) is 10.6 Å². The lowest BCUT2D eigenvalue weighted by Crippen LogP contribution is -2.15. The van der Waals surface area contributed by atoms with E-state index in [1.165, 1.54) is 47.3 Å². The van der Waals surface area contributed by atoms with E-state index in [2.05, 4.69) is 51.8 Å². The zero-order valence-electron chi connectivity index (χ0n) is 17.5. The molecule has 0 spiro atoms. The number of unbranched alkanes of at least 4 members (excludes halogenated alkanes) is 1. The number of furan rings is 1. The van der Waals surface area contributed by atoms with Crippen LogP contribution in [-0.2, 0) is 17.6 Å². The third kappa shape index (κ3) is 5.68. The average molecular weight is 467 g/mol. The van der Waals surface area contributed by atoms with E-state index in [9.17, 15) is 9.59 Å². The molecule has 32 heavy (non-hydrogen) atoms. The molecule has 0 unspecified atom stereocenters. The fourth-order valence-electron chi connectivity index (χ4n) is 3.03. The van der Waals surface area contributed by atoms with E-state index in [4.69, 9.17) is 4.42 Å². The molecule has 4 aromatic rings. The maximum atomic E-state index is 12.4. The Morgan fingerprint density at radius 2 is 1.78 bits per heavy atom. The van der Waals surface area contributed by atoms with Crippen molar-refractivity contribution in [1.82, 2.24) is 9.97 Å². The van der Waals surface area contributed by atoms with Crippen molar-refractivity contribution in [1.29, 1.82) is 0 Å². The molecule has 0 atom stereocenters. The van der Waals surface area contributed by atoms with Gasteiger partial charge in [0, 0.05) is 16.3 Å². The summed E-state index contributed by atoms with van der Waals surface area (Å²) in [5, 5.41) is 10.1. The second-order valence-corrected chi connectivity index (χ2v) is 8.85. The fraction of sp³-hybridized carbons (Fsp3) is 0.217. The minimum absolute atomic E-state index is 0.0914. The summed E-state index contributed by atoms with van der Waals surface area (Å²) in [5.74, 6) is -0.390. The molecule has 3 aromatic heterocycles. The van der Waals surface area contributed by atoms with Gasteiger partial charge in [0.1, 0.15) is 0 Å². The first-order valence-electron chi connectivity index (χ1n) is 10.2. The van der Waals surface area contributed by atoms with Crippen LogP contribution in [0.15, 0.2) is 57.8 Å². The molecular weight excluding hydrogens is 444 g/mol. The summed E-state index contributed by atoms with van der Waals surface area (Å²) < 4.78 is 5.06. The summed E-state index contributed by atoms with van der Waals surface area (Å²) in [7, 11) is 0. The van der Waals surface area contributed by atoms with Gasteiger partial charge in [-0.05, 0) is 30.5 Å². The smallest absolute Gasteiger partial charge is 0.293 e. The van der Waals surface area contributed by atoms with Crippen molar-refractivity contribution in [3.63, 3.8) is 0 Å². The second-order valence-electron chi connectivity index (χ2n) is 7.14. The number of benzene rings is 1. The van der Waals surface area contributed by atoms with Crippen molar-refractivity contribution in [2.45, 2.75) is 32.6 Å². The molecule has 3 heterocycles. The largest absolute Gasteiger partial charge is 0.459 e. The number of carbonyl (C=O) groups is 2. The molecule has 0 aliphatic rings. The van der Waals surface area contributed by atoms with E-state index in [0.717, 1.165) is 17.7 Å². The normalized spacial score (nSPS) is 10.8. The standard InChI is InChI=1S/C23H22N4O3S2/c1-2-3-5-15-7-9-16(10-8-15)18-14-32-23(25-18)26-20(28)12-17-13-31-22(24-17)27-21(29)19-6-4-11-30-19/h4,6-11,13-14H,2-3,5,12H2,1H3,(H,24,27,29)(H,25,26,28). The maximum Gasteiger partial charge on any atom is 0.293 e. The van der Waals surface area contributed by atoms with Gasteiger partial charge >= 0.3 is 0 Å². The van der Waals surface area contributed by atoms with E-state index in [1.807, 2.05) is 5.38 Å². The van der Waals surface area contributed by atoms with Crippen LogP contribution >= 0.6 is 22.7 Å². The number of carbonyl (C=O) groups excluding carboxylic acids is 2. The SMILES string of the molecule is CCCCc1ccc(-c2csc(NC(=O)Cc3csc(NC(=O)c4ccco4)n3)n2)cc1. The highest BCUT2D eigenvalue weighted by Crippen LogP contribution is 2.26. The van der Waals surface area contributed by atoms with Gasteiger partial charge in [-0.1, -0.05) is 37.6 Å². The molecule has 0 aliphatic heterocycles. The lowest BCUT2D eigenvalue weighted by atomic mass is 10.1. The van der Waals surface area contributed by atoms with Gasteiger partial charge in [-0.2, -0.15) is 0 Å². The summed E-state index contributed by atoms with van der Waals surface area (Å²) in [6.07, 6.45) is 4.97. The van der Waals surface area contributed by atoms with Crippen LogP contribution in [0.4, 0.5) is 10.3 Å². The van der Waals surface area contributed by atoms with Gasteiger partial charge in [-0.3, -0.25) is 14.9 Å². The van der Waals surface area contributed by atoms with E-state index in [0.29, 0.717) is 16.0 Å². The van der Waals surface area contributed by atoms with Crippen LogP contribution in [0.1, 0.15) is 41.6 Å². The summed E-state index contributed by atoms with van der Waals surface area (Å²) in [4.78, 5) is 33.2. The summed E-state index contributed by atoms with van der Waals surface area (Å²) in [6, 6.07) is 11.6. The van der Waals surface area contributed by atoms with Crippen LogP contribution in [0.2, 0.25) is 0 Å². The number of hydrogen-bond donors (Lipinski definition) is 2.